The molecule has 4 aliphatic carbocycles. The van der Waals surface area contributed by atoms with Gasteiger partial charge in [-0.3, -0.25) is 4.79 Å². The molecule has 4 aliphatic rings. The smallest absolute Gasteiger partial charge is 0.328 e. The molecular formula is C32H42N2O6. The Morgan fingerprint density at radius 3 is 2.55 bits per heavy atom. The molecular weight excluding hydrogens is 508 g/mol. The lowest BCUT2D eigenvalue weighted by atomic mass is 9.47. The minimum atomic E-state index is -0.883. The molecule has 8 heteroatoms. The van der Waals surface area contributed by atoms with Gasteiger partial charge in [0.25, 0.3) is 5.91 Å². The number of nitrogens with one attached hydrogen (secondary N) is 1. The van der Waals surface area contributed by atoms with Gasteiger partial charge in [0, 0.05) is 11.8 Å². The van der Waals surface area contributed by atoms with E-state index in [1.165, 1.54) is 24.8 Å². The fourth-order valence-electron chi connectivity index (χ4n) is 8.11. The van der Waals surface area contributed by atoms with Gasteiger partial charge in [0.2, 0.25) is 0 Å². The van der Waals surface area contributed by atoms with Crippen LogP contribution < -0.4 is 5.32 Å². The van der Waals surface area contributed by atoms with E-state index in [0.29, 0.717) is 23.5 Å². The van der Waals surface area contributed by atoms with Crippen LogP contribution in [0.2, 0.25) is 0 Å². The number of hydrogen-bond acceptors (Lipinski definition) is 7. The standard InChI is InChI=1S/C32H42N2O6/c1-30-14-11-22(18-21(30)7-10-24-25(30)12-15-31(2)26(24)13-16-32(31,3)38)34-40-19-28(36)33-27(29(37)39-4)17-20-5-8-23(35)9-6-20/h5-6,8-9,11,14,18,24-27,35,38H,7,10,12-13,15-17,19H2,1-4H3,(H,33,36)/b34-22-/t24-,25+,26-,27+,30+,31+,32+/m1/s1. The van der Waals surface area contributed by atoms with Crippen molar-refractivity contribution in [3.8, 4) is 5.75 Å². The summed E-state index contributed by atoms with van der Waals surface area (Å²) in [7, 11) is 1.27. The van der Waals surface area contributed by atoms with Gasteiger partial charge in [-0.05, 0) is 98.5 Å². The molecule has 0 aliphatic heterocycles. The van der Waals surface area contributed by atoms with Crippen molar-refractivity contribution in [3.05, 3.63) is 53.6 Å². The third kappa shape index (κ3) is 5.06. The van der Waals surface area contributed by atoms with E-state index in [1.54, 1.807) is 12.1 Å². The van der Waals surface area contributed by atoms with Gasteiger partial charge in [0.05, 0.1) is 12.7 Å². The van der Waals surface area contributed by atoms with E-state index in [2.05, 4.69) is 36.5 Å². The first-order valence-electron chi connectivity index (χ1n) is 14.4. The Morgan fingerprint density at radius 1 is 1.10 bits per heavy atom. The summed E-state index contributed by atoms with van der Waals surface area (Å²) in [5, 5.41) is 27.5. The number of aromatic hydroxyl groups is 1. The molecule has 0 bridgehead atoms. The minimum Gasteiger partial charge on any atom is -0.508 e. The van der Waals surface area contributed by atoms with Crippen molar-refractivity contribution in [2.24, 2.45) is 33.7 Å². The Hall–Kier alpha value is -3.13. The second kappa shape index (κ2) is 10.7. The van der Waals surface area contributed by atoms with Crippen LogP contribution in [0.1, 0.15) is 64.9 Å². The third-order valence-electron chi connectivity index (χ3n) is 10.7. The fraction of sp³-hybridized carbons (Fsp3) is 0.594. The number of phenolic OH excluding ortho intramolecular Hbond substituents is 1. The highest BCUT2D eigenvalue weighted by Crippen LogP contribution is 2.66. The van der Waals surface area contributed by atoms with Crippen LogP contribution in [0.3, 0.4) is 0 Å². The Balaban J connectivity index is 1.19. The summed E-state index contributed by atoms with van der Waals surface area (Å²) in [5.41, 5.74) is 2.20. The second-order valence-electron chi connectivity index (χ2n) is 12.8. The predicted molar refractivity (Wildman–Crippen MR) is 151 cm³/mol. The number of ether oxygens (including phenoxy) is 1. The summed E-state index contributed by atoms with van der Waals surface area (Å²) < 4.78 is 4.84. The Labute approximate surface area is 236 Å². The molecule has 7 atom stereocenters. The average molecular weight is 551 g/mol. The maximum Gasteiger partial charge on any atom is 0.328 e. The van der Waals surface area contributed by atoms with Crippen LogP contribution in [-0.2, 0) is 25.6 Å². The number of phenols is 1. The van der Waals surface area contributed by atoms with Gasteiger partial charge >= 0.3 is 5.97 Å². The first-order valence-corrected chi connectivity index (χ1v) is 14.4. The molecule has 1 aromatic rings. The molecule has 3 saturated carbocycles. The lowest BCUT2D eigenvalue weighted by Crippen LogP contribution is -2.53. The summed E-state index contributed by atoms with van der Waals surface area (Å²) in [4.78, 5) is 30.2. The van der Waals surface area contributed by atoms with Crippen LogP contribution in [0.5, 0.6) is 5.75 Å². The number of fused-ring (bicyclic) bond motifs is 5. The van der Waals surface area contributed by atoms with E-state index in [4.69, 9.17) is 9.57 Å². The molecule has 216 valence electrons. The minimum absolute atomic E-state index is 0.00207. The second-order valence-corrected chi connectivity index (χ2v) is 12.8. The number of nitrogens with zero attached hydrogens (tertiary/aromatic N) is 1. The third-order valence-corrected chi connectivity index (χ3v) is 10.7. The van der Waals surface area contributed by atoms with E-state index in [1.807, 2.05) is 13.0 Å². The maximum atomic E-state index is 12.6. The van der Waals surface area contributed by atoms with Crippen LogP contribution >= 0.6 is 0 Å². The number of carbonyl (C=O) groups excluding carboxylic acids is 2. The Morgan fingerprint density at radius 2 is 1.82 bits per heavy atom. The Kier molecular flexibility index (Phi) is 7.59. The van der Waals surface area contributed by atoms with Gasteiger partial charge in [-0.25, -0.2) is 4.79 Å². The van der Waals surface area contributed by atoms with Crippen LogP contribution in [0.15, 0.2) is 53.2 Å². The van der Waals surface area contributed by atoms with Crippen molar-refractivity contribution in [1.82, 2.24) is 5.32 Å². The van der Waals surface area contributed by atoms with Crippen molar-refractivity contribution < 1.29 is 29.4 Å². The highest BCUT2D eigenvalue weighted by molar-refractivity contribution is 6.05. The van der Waals surface area contributed by atoms with Crippen LogP contribution in [-0.4, -0.2) is 53.2 Å². The first kappa shape index (κ1) is 28.4. The quantitative estimate of drug-likeness (QED) is 0.341. The zero-order valence-electron chi connectivity index (χ0n) is 24.0. The molecule has 0 saturated heterocycles. The number of aliphatic hydroxyl groups is 1. The first-order chi connectivity index (χ1) is 19.0. The molecule has 0 aromatic heterocycles. The van der Waals surface area contributed by atoms with Gasteiger partial charge in [-0.15, -0.1) is 0 Å². The van der Waals surface area contributed by atoms with E-state index >= 15 is 0 Å². The van der Waals surface area contributed by atoms with Crippen molar-refractivity contribution in [2.45, 2.75) is 77.4 Å². The summed E-state index contributed by atoms with van der Waals surface area (Å²) in [5.74, 6) is 0.809. The van der Waals surface area contributed by atoms with Crippen molar-refractivity contribution in [2.75, 3.05) is 13.7 Å². The van der Waals surface area contributed by atoms with Crippen molar-refractivity contribution >= 4 is 17.6 Å². The molecule has 8 nitrogen and oxygen atoms in total. The van der Waals surface area contributed by atoms with E-state index < -0.39 is 23.5 Å². The molecule has 3 N–H and O–H groups in total. The number of carbonyl (C=O) groups is 2. The lowest BCUT2D eigenvalue weighted by Gasteiger charge is -2.58. The molecule has 0 unspecified atom stereocenters. The summed E-state index contributed by atoms with van der Waals surface area (Å²) in [6.07, 6.45) is 12.9. The van der Waals surface area contributed by atoms with E-state index in [-0.39, 0.29) is 29.6 Å². The summed E-state index contributed by atoms with van der Waals surface area (Å²) >= 11 is 0. The molecule has 3 fully saturated rings. The molecule has 1 aromatic carbocycles. The van der Waals surface area contributed by atoms with Gasteiger partial charge in [0.15, 0.2) is 6.61 Å². The average Bonchev–Trinajstić information content (AvgIpc) is 3.17. The van der Waals surface area contributed by atoms with Gasteiger partial charge in [0.1, 0.15) is 17.5 Å². The highest BCUT2D eigenvalue weighted by atomic mass is 16.6. The maximum absolute atomic E-state index is 12.6. The molecule has 0 spiro atoms. The van der Waals surface area contributed by atoms with Crippen LogP contribution in [0, 0.1) is 28.6 Å². The molecule has 0 heterocycles. The summed E-state index contributed by atoms with van der Waals surface area (Å²) in [6, 6.07) is 5.55. The molecule has 5 rings (SSSR count). The van der Waals surface area contributed by atoms with Gasteiger partial charge in [-0.2, -0.15) is 0 Å². The van der Waals surface area contributed by atoms with Gasteiger partial charge < -0.3 is 25.1 Å². The molecule has 40 heavy (non-hydrogen) atoms. The Bertz CT molecular complexity index is 1230. The number of amides is 1. The predicted octanol–water partition coefficient (Wildman–Crippen LogP) is 4.45. The number of methoxy groups -OCH3 is 1. The highest BCUT2D eigenvalue weighted by Gasteiger charge is 2.62. The number of benzene rings is 1. The number of esters is 1. The van der Waals surface area contributed by atoms with Crippen molar-refractivity contribution in [1.29, 1.82) is 0 Å². The molecule has 0 radical (unpaired) electrons. The van der Waals surface area contributed by atoms with E-state index in [0.717, 1.165) is 44.1 Å². The van der Waals surface area contributed by atoms with Crippen molar-refractivity contribution in [3.63, 3.8) is 0 Å². The SMILES string of the molecule is COC(=O)[C@H](Cc1ccc(O)cc1)NC(=O)CO/N=C1/C=C[C@@]2(C)C(=C1)CC[C@H]1[C@H]3CC[C@](C)(O)[C@@]3(C)CC[C@@H]12. The number of hydrogen-bond donors (Lipinski definition) is 3. The lowest BCUT2D eigenvalue weighted by molar-refractivity contribution is -0.145. The fourth-order valence-corrected chi connectivity index (χ4v) is 8.11. The molecule has 1 amide bonds. The topological polar surface area (TPSA) is 117 Å². The van der Waals surface area contributed by atoms with Crippen LogP contribution in [0.4, 0.5) is 0 Å². The van der Waals surface area contributed by atoms with E-state index in [9.17, 15) is 19.8 Å². The zero-order chi connectivity index (χ0) is 28.7. The summed E-state index contributed by atoms with van der Waals surface area (Å²) in [6.45, 7) is 6.36. The van der Waals surface area contributed by atoms with Gasteiger partial charge in [-0.1, -0.05) is 42.8 Å². The zero-order valence-corrected chi connectivity index (χ0v) is 24.0. The monoisotopic (exact) mass is 550 g/mol. The normalized spacial score (nSPS) is 36.1. The number of allylic oxidation sites excluding steroid dienone is 4. The number of oxime groups is 1. The van der Waals surface area contributed by atoms with Crippen LogP contribution in [0.25, 0.3) is 0 Å². The largest absolute Gasteiger partial charge is 0.508 e. The number of rotatable bonds is 7.